The SMILES string of the molecule is CC(C)(C)OC(=O)c1ccc(N2CCC(N3CCCC3)CC2)cc1N. The lowest BCUT2D eigenvalue weighted by molar-refractivity contribution is 0.00708. The third-order valence-electron chi connectivity index (χ3n) is 5.14. The molecule has 0 atom stereocenters. The van der Waals surface area contributed by atoms with E-state index in [9.17, 15) is 4.79 Å². The minimum atomic E-state index is -0.514. The standard InChI is InChI=1S/C20H31N3O2/c1-20(2,3)25-19(24)17-7-6-16(14-18(17)21)23-12-8-15(9-13-23)22-10-4-5-11-22/h6-7,14-15H,4-5,8-13,21H2,1-3H3. The van der Waals surface area contributed by atoms with Gasteiger partial charge < -0.3 is 20.3 Å². The molecule has 5 heteroatoms. The Bertz CT molecular complexity index is 610. The molecular weight excluding hydrogens is 314 g/mol. The van der Waals surface area contributed by atoms with Crippen LogP contribution in [0.25, 0.3) is 0 Å². The Balaban J connectivity index is 1.62. The maximum Gasteiger partial charge on any atom is 0.340 e. The summed E-state index contributed by atoms with van der Waals surface area (Å²) in [6.45, 7) is 10.2. The minimum absolute atomic E-state index is 0.357. The van der Waals surface area contributed by atoms with Crippen LogP contribution in [0, 0.1) is 0 Å². The summed E-state index contributed by atoms with van der Waals surface area (Å²) in [5.41, 5.74) is 7.67. The molecular formula is C20H31N3O2. The van der Waals surface area contributed by atoms with E-state index in [-0.39, 0.29) is 5.97 Å². The average molecular weight is 345 g/mol. The quantitative estimate of drug-likeness (QED) is 0.673. The van der Waals surface area contributed by atoms with Crippen molar-refractivity contribution in [2.24, 2.45) is 0 Å². The van der Waals surface area contributed by atoms with Gasteiger partial charge in [0.15, 0.2) is 0 Å². The van der Waals surface area contributed by atoms with Crippen LogP contribution in [0.5, 0.6) is 0 Å². The third kappa shape index (κ3) is 4.46. The first-order valence-electron chi connectivity index (χ1n) is 9.45. The van der Waals surface area contributed by atoms with Crippen LogP contribution in [0.4, 0.5) is 11.4 Å². The van der Waals surface area contributed by atoms with E-state index in [1.54, 1.807) is 6.07 Å². The number of rotatable bonds is 3. The number of hydrogen-bond acceptors (Lipinski definition) is 5. The fraction of sp³-hybridized carbons (Fsp3) is 0.650. The zero-order chi connectivity index (χ0) is 18.0. The van der Waals surface area contributed by atoms with E-state index >= 15 is 0 Å². The Morgan fingerprint density at radius 3 is 2.32 bits per heavy atom. The molecule has 138 valence electrons. The van der Waals surface area contributed by atoms with Crippen molar-refractivity contribution in [1.29, 1.82) is 0 Å². The van der Waals surface area contributed by atoms with Crippen molar-refractivity contribution in [3.05, 3.63) is 23.8 Å². The van der Waals surface area contributed by atoms with Crippen LogP contribution < -0.4 is 10.6 Å². The number of piperidine rings is 1. The fourth-order valence-electron chi connectivity index (χ4n) is 3.86. The molecule has 0 aromatic heterocycles. The summed E-state index contributed by atoms with van der Waals surface area (Å²) in [4.78, 5) is 17.3. The van der Waals surface area contributed by atoms with Crippen molar-refractivity contribution in [3.8, 4) is 0 Å². The van der Waals surface area contributed by atoms with Crippen LogP contribution in [0.15, 0.2) is 18.2 Å². The van der Waals surface area contributed by atoms with Gasteiger partial charge in [0, 0.05) is 30.5 Å². The van der Waals surface area contributed by atoms with E-state index in [2.05, 4.69) is 9.80 Å². The van der Waals surface area contributed by atoms with E-state index in [1.807, 2.05) is 32.9 Å². The molecule has 0 amide bonds. The van der Waals surface area contributed by atoms with Crippen LogP contribution in [-0.2, 0) is 4.74 Å². The summed E-state index contributed by atoms with van der Waals surface area (Å²) in [6.07, 6.45) is 5.10. The number of nitrogens with two attached hydrogens (primary N) is 1. The van der Waals surface area contributed by atoms with Gasteiger partial charge in [0.25, 0.3) is 0 Å². The van der Waals surface area contributed by atoms with Crippen molar-refractivity contribution >= 4 is 17.3 Å². The van der Waals surface area contributed by atoms with Crippen molar-refractivity contribution < 1.29 is 9.53 Å². The smallest absolute Gasteiger partial charge is 0.340 e. The second kappa shape index (κ2) is 7.24. The molecule has 3 rings (SSSR count). The summed E-state index contributed by atoms with van der Waals surface area (Å²) in [6, 6.07) is 6.43. The number of carbonyl (C=O) groups is 1. The van der Waals surface area contributed by atoms with Gasteiger partial charge in [0.05, 0.1) is 5.56 Å². The van der Waals surface area contributed by atoms with Crippen molar-refractivity contribution in [2.45, 2.75) is 58.1 Å². The van der Waals surface area contributed by atoms with E-state index in [4.69, 9.17) is 10.5 Å². The molecule has 2 heterocycles. The van der Waals surface area contributed by atoms with E-state index in [1.165, 1.54) is 38.8 Å². The highest BCUT2D eigenvalue weighted by molar-refractivity contribution is 5.96. The van der Waals surface area contributed by atoms with Gasteiger partial charge in [-0.1, -0.05) is 0 Å². The minimum Gasteiger partial charge on any atom is -0.456 e. The Labute approximate surface area is 151 Å². The molecule has 0 radical (unpaired) electrons. The lowest BCUT2D eigenvalue weighted by Gasteiger charge is -2.38. The van der Waals surface area contributed by atoms with Gasteiger partial charge in [-0.2, -0.15) is 0 Å². The maximum absolute atomic E-state index is 12.2. The first kappa shape index (κ1) is 18.1. The molecule has 0 unspecified atom stereocenters. The first-order valence-corrected chi connectivity index (χ1v) is 9.45. The molecule has 0 saturated carbocycles. The predicted octanol–water partition coefficient (Wildman–Crippen LogP) is 3.29. The molecule has 0 spiro atoms. The van der Waals surface area contributed by atoms with Gasteiger partial charge in [0.2, 0.25) is 0 Å². The molecule has 1 aromatic carbocycles. The molecule has 1 aromatic rings. The Hall–Kier alpha value is -1.75. The summed E-state index contributed by atoms with van der Waals surface area (Å²) < 4.78 is 5.42. The second-order valence-electron chi connectivity index (χ2n) is 8.23. The normalized spacial score (nSPS) is 20.0. The number of carbonyl (C=O) groups excluding carboxylic acids is 1. The molecule has 25 heavy (non-hydrogen) atoms. The highest BCUT2D eigenvalue weighted by Gasteiger charge is 2.27. The Morgan fingerprint density at radius 1 is 1.12 bits per heavy atom. The second-order valence-corrected chi connectivity index (χ2v) is 8.23. The lowest BCUT2D eigenvalue weighted by atomic mass is 10.0. The number of nitrogens with zero attached hydrogens (tertiary/aromatic N) is 2. The van der Waals surface area contributed by atoms with Crippen LogP contribution in [0.3, 0.4) is 0 Å². The Kier molecular flexibility index (Phi) is 5.23. The highest BCUT2D eigenvalue weighted by Crippen LogP contribution is 2.28. The van der Waals surface area contributed by atoms with Gasteiger partial charge in [0.1, 0.15) is 5.60 Å². The number of ether oxygens (including phenoxy) is 1. The van der Waals surface area contributed by atoms with Gasteiger partial charge in [-0.05, 0) is 77.7 Å². The van der Waals surface area contributed by atoms with Crippen LogP contribution in [-0.4, -0.2) is 48.7 Å². The number of nitrogen functional groups attached to an aromatic ring is 1. The molecule has 2 N–H and O–H groups in total. The van der Waals surface area contributed by atoms with Crippen LogP contribution in [0.2, 0.25) is 0 Å². The molecule has 0 bridgehead atoms. The monoisotopic (exact) mass is 345 g/mol. The van der Waals surface area contributed by atoms with E-state index in [0.717, 1.165) is 24.8 Å². The van der Waals surface area contributed by atoms with Crippen molar-refractivity contribution in [1.82, 2.24) is 4.90 Å². The molecule has 2 fully saturated rings. The third-order valence-corrected chi connectivity index (χ3v) is 5.14. The van der Waals surface area contributed by atoms with E-state index < -0.39 is 5.60 Å². The fourth-order valence-corrected chi connectivity index (χ4v) is 3.86. The molecule has 0 aliphatic carbocycles. The van der Waals surface area contributed by atoms with E-state index in [0.29, 0.717) is 11.3 Å². The van der Waals surface area contributed by atoms with Crippen LogP contribution in [0.1, 0.15) is 56.8 Å². The van der Waals surface area contributed by atoms with Crippen LogP contribution >= 0.6 is 0 Å². The number of benzene rings is 1. The average Bonchev–Trinajstić information content (AvgIpc) is 3.07. The molecule has 2 aliphatic heterocycles. The zero-order valence-corrected chi connectivity index (χ0v) is 15.8. The number of esters is 1. The number of hydrogen-bond donors (Lipinski definition) is 1. The molecule has 2 saturated heterocycles. The summed E-state index contributed by atoms with van der Waals surface area (Å²) in [5, 5.41) is 0. The Morgan fingerprint density at radius 2 is 1.76 bits per heavy atom. The summed E-state index contributed by atoms with van der Waals surface area (Å²) >= 11 is 0. The van der Waals surface area contributed by atoms with Gasteiger partial charge in [-0.15, -0.1) is 0 Å². The number of anilines is 2. The van der Waals surface area contributed by atoms with Gasteiger partial charge in [-0.3, -0.25) is 0 Å². The van der Waals surface area contributed by atoms with Crippen molar-refractivity contribution in [2.75, 3.05) is 36.8 Å². The zero-order valence-electron chi connectivity index (χ0n) is 15.8. The molecule has 2 aliphatic rings. The highest BCUT2D eigenvalue weighted by atomic mass is 16.6. The molecule has 5 nitrogen and oxygen atoms in total. The number of likely N-dealkylation sites (tertiary alicyclic amines) is 1. The van der Waals surface area contributed by atoms with Crippen molar-refractivity contribution in [3.63, 3.8) is 0 Å². The topological polar surface area (TPSA) is 58.8 Å². The maximum atomic E-state index is 12.2. The van der Waals surface area contributed by atoms with Gasteiger partial charge in [-0.25, -0.2) is 4.79 Å². The summed E-state index contributed by atoms with van der Waals surface area (Å²) in [7, 11) is 0. The first-order chi connectivity index (χ1) is 11.8. The largest absolute Gasteiger partial charge is 0.456 e. The summed E-state index contributed by atoms with van der Waals surface area (Å²) in [5.74, 6) is -0.357. The lowest BCUT2D eigenvalue weighted by Crippen LogP contribution is -2.43. The van der Waals surface area contributed by atoms with Gasteiger partial charge >= 0.3 is 5.97 Å². The predicted molar refractivity (Wildman–Crippen MR) is 102 cm³/mol.